The zero-order valence-corrected chi connectivity index (χ0v) is 10.2. The van der Waals surface area contributed by atoms with Crippen molar-refractivity contribution in [2.24, 2.45) is 0 Å². The van der Waals surface area contributed by atoms with E-state index in [1.807, 2.05) is 0 Å². The topological polar surface area (TPSA) is 148 Å². The molecule has 1 aromatic rings. The van der Waals surface area contributed by atoms with Gasteiger partial charge in [0.1, 0.15) is 18.3 Å². The minimum absolute atomic E-state index is 0. The first-order chi connectivity index (χ1) is 7.96. The normalized spacial score (nSPS) is 27.5. The average Bonchev–Trinajstić information content (AvgIpc) is 2.25. The van der Waals surface area contributed by atoms with E-state index in [0.29, 0.717) is 0 Å². The second-order valence-corrected chi connectivity index (χ2v) is 5.43. The standard InChI is InChI=1S/C8H12N3O5P.H2O/c9-7-1-2-11(8(12)10-7)3-6-4-16-17(13,14)5-15-6;/h1-2,6H,3-5H2,(H,13,14)(H2,9,10,12);1H2/t6-;/m0./s1. The molecule has 0 bridgehead atoms. The Labute approximate surface area is 102 Å². The lowest BCUT2D eigenvalue weighted by Crippen LogP contribution is -2.34. The van der Waals surface area contributed by atoms with Gasteiger partial charge in [-0.15, -0.1) is 0 Å². The Kier molecular flexibility index (Phi) is 4.60. The molecule has 102 valence electrons. The number of nitrogens with two attached hydrogens (primary N) is 1. The Balaban J connectivity index is 0.00000162. The summed E-state index contributed by atoms with van der Waals surface area (Å²) in [6.45, 7) is 0.163. The van der Waals surface area contributed by atoms with Gasteiger partial charge >= 0.3 is 13.3 Å². The van der Waals surface area contributed by atoms with Crippen LogP contribution in [0.4, 0.5) is 5.82 Å². The number of hydrogen-bond acceptors (Lipinski definition) is 6. The summed E-state index contributed by atoms with van der Waals surface area (Å²) in [4.78, 5) is 24.0. The van der Waals surface area contributed by atoms with E-state index < -0.39 is 19.4 Å². The van der Waals surface area contributed by atoms with Gasteiger partial charge in [0.25, 0.3) is 0 Å². The Bertz CT molecular complexity index is 506. The summed E-state index contributed by atoms with van der Waals surface area (Å²) in [5, 5.41) is 0. The monoisotopic (exact) mass is 279 g/mol. The first-order valence-corrected chi connectivity index (χ1v) is 6.63. The van der Waals surface area contributed by atoms with E-state index in [-0.39, 0.29) is 30.8 Å². The molecule has 1 unspecified atom stereocenters. The van der Waals surface area contributed by atoms with Crippen LogP contribution in [0.3, 0.4) is 0 Å². The highest BCUT2D eigenvalue weighted by atomic mass is 31.2. The van der Waals surface area contributed by atoms with Crippen LogP contribution in [0.1, 0.15) is 0 Å². The van der Waals surface area contributed by atoms with Crippen molar-refractivity contribution in [1.29, 1.82) is 0 Å². The first-order valence-electron chi connectivity index (χ1n) is 4.87. The summed E-state index contributed by atoms with van der Waals surface area (Å²) in [5.74, 6) is 0.145. The SMILES string of the molecule is Nc1ccn(C[C@H]2COP(=O)(O)CO2)c(=O)n1.O. The van der Waals surface area contributed by atoms with E-state index in [1.165, 1.54) is 16.8 Å². The second kappa shape index (κ2) is 5.59. The van der Waals surface area contributed by atoms with Crippen molar-refractivity contribution in [3.05, 3.63) is 22.7 Å². The van der Waals surface area contributed by atoms with Gasteiger partial charge in [-0.2, -0.15) is 4.98 Å². The number of anilines is 1. The van der Waals surface area contributed by atoms with Gasteiger partial charge in [-0.25, -0.2) is 4.79 Å². The fourth-order valence-corrected chi connectivity index (χ4v) is 2.26. The molecule has 18 heavy (non-hydrogen) atoms. The molecule has 1 aliphatic heterocycles. The van der Waals surface area contributed by atoms with Gasteiger partial charge in [0.2, 0.25) is 0 Å². The van der Waals surface area contributed by atoms with Crippen LogP contribution >= 0.6 is 7.60 Å². The van der Waals surface area contributed by atoms with Crippen molar-refractivity contribution in [1.82, 2.24) is 9.55 Å². The van der Waals surface area contributed by atoms with E-state index in [4.69, 9.17) is 19.9 Å². The van der Waals surface area contributed by atoms with Gasteiger partial charge in [-0.1, -0.05) is 0 Å². The van der Waals surface area contributed by atoms with E-state index in [9.17, 15) is 9.36 Å². The lowest BCUT2D eigenvalue weighted by Gasteiger charge is -2.26. The van der Waals surface area contributed by atoms with Crippen LogP contribution in [0.15, 0.2) is 17.1 Å². The Morgan fingerprint density at radius 1 is 1.67 bits per heavy atom. The second-order valence-electron chi connectivity index (χ2n) is 3.64. The Morgan fingerprint density at radius 2 is 2.39 bits per heavy atom. The molecule has 1 saturated heterocycles. The largest absolute Gasteiger partial charge is 0.412 e. The van der Waals surface area contributed by atoms with Crippen LogP contribution in [0.25, 0.3) is 0 Å². The highest BCUT2D eigenvalue weighted by molar-refractivity contribution is 7.52. The zero-order valence-electron chi connectivity index (χ0n) is 9.35. The molecule has 0 aliphatic carbocycles. The van der Waals surface area contributed by atoms with Crippen LogP contribution < -0.4 is 11.4 Å². The van der Waals surface area contributed by atoms with E-state index in [2.05, 4.69) is 4.98 Å². The molecule has 0 amide bonds. The van der Waals surface area contributed by atoms with Gasteiger partial charge in [-0.05, 0) is 6.07 Å². The molecule has 9 nitrogen and oxygen atoms in total. The van der Waals surface area contributed by atoms with Gasteiger partial charge in [0, 0.05) is 6.20 Å². The number of rotatable bonds is 2. The summed E-state index contributed by atoms with van der Waals surface area (Å²) in [6.07, 6.45) is 0.669. The number of aromatic nitrogens is 2. The number of hydrogen-bond donors (Lipinski definition) is 2. The molecule has 0 radical (unpaired) electrons. The molecule has 2 atom stereocenters. The fraction of sp³-hybridized carbons (Fsp3) is 0.500. The maximum Gasteiger partial charge on any atom is 0.353 e. The molecule has 2 heterocycles. The highest BCUT2D eigenvalue weighted by Gasteiger charge is 2.29. The first kappa shape index (κ1) is 14.8. The number of nitrogen functional groups attached to an aromatic ring is 1. The minimum atomic E-state index is -3.59. The van der Waals surface area contributed by atoms with Gasteiger partial charge in [-0.3, -0.25) is 9.13 Å². The van der Waals surface area contributed by atoms with E-state index in [1.54, 1.807) is 0 Å². The summed E-state index contributed by atoms with van der Waals surface area (Å²) >= 11 is 0. The number of nitrogens with zero attached hydrogens (tertiary/aromatic N) is 2. The predicted octanol–water partition coefficient (Wildman–Crippen LogP) is -1.44. The average molecular weight is 279 g/mol. The van der Waals surface area contributed by atoms with Gasteiger partial charge in [0.15, 0.2) is 0 Å². The molecule has 1 aliphatic rings. The molecular formula is C8H14N3O6P. The van der Waals surface area contributed by atoms with E-state index >= 15 is 0 Å². The molecule has 1 aromatic heterocycles. The molecule has 0 saturated carbocycles. The Morgan fingerprint density at radius 3 is 2.94 bits per heavy atom. The smallest absolute Gasteiger partial charge is 0.353 e. The van der Waals surface area contributed by atoms with Crippen LogP contribution in [-0.4, -0.2) is 39.0 Å². The van der Waals surface area contributed by atoms with Crippen LogP contribution in [0.2, 0.25) is 0 Å². The lowest BCUT2D eigenvalue weighted by molar-refractivity contribution is -0.00859. The van der Waals surface area contributed by atoms with Crippen LogP contribution in [0, 0.1) is 0 Å². The van der Waals surface area contributed by atoms with Gasteiger partial charge in [0.05, 0.1) is 13.2 Å². The molecular weight excluding hydrogens is 265 g/mol. The minimum Gasteiger partial charge on any atom is -0.412 e. The summed E-state index contributed by atoms with van der Waals surface area (Å²) < 4.78 is 22.2. The maximum absolute atomic E-state index is 11.4. The van der Waals surface area contributed by atoms with Crippen molar-refractivity contribution in [3.63, 3.8) is 0 Å². The van der Waals surface area contributed by atoms with Crippen molar-refractivity contribution >= 4 is 13.4 Å². The summed E-state index contributed by atoms with van der Waals surface area (Å²) in [5.41, 5.74) is 4.85. The molecule has 1 fully saturated rings. The maximum atomic E-state index is 11.4. The van der Waals surface area contributed by atoms with Crippen molar-refractivity contribution in [2.75, 3.05) is 18.7 Å². The molecule has 2 rings (SSSR count). The quantitative estimate of drug-likeness (QED) is 0.629. The third kappa shape index (κ3) is 3.62. The van der Waals surface area contributed by atoms with Crippen LogP contribution in [-0.2, 0) is 20.4 Å². The number of ether oxygens (including phenoxy) is 1. The van der Waals surface area contributed by atoms with Crippen molar-refractivity contribution in [3.8, 4) is 0 Å². The molecule has 5 N–H and O–H groups in total. The Hall–Kier alpha value is -1.25. The molecule has 0 spiro atoms. The van der Waals surface area contributed by atoms with Gasteiger partial charge < -0.3 is 25.4 Å². The summed E-state index contributed by atoms with van der Waals surface area (Å²) in [7, 11) is -3.59. The highest BCUT2D eigenvalue weighted by Crippen LogP contribution is 2.44. The predicted molar refractivity (Wildman–Crippen MR) is 62.0 cm³/mol. The van der Waals surface area contributed by atoms with E-state index in [0.717, 1.165) is 0 Å². The summed E-state index contributed by atoms with van der Waals surface area (Å²) in [6, 6.07) is 1.49. The lowest BCUT2D eigenvalue weighted by atomic mass is 10.3. The third-order valence-electron chi connectivity index (χ3n) is 2.23. The molecule has 0 aromatic carbocycles. The van der Waals surface area contributed by atoms with Crippen molar-refractivity contribution in [2.45, 2.75) is 12.6 Å². The third-order valence-corrected chi connectivity index (χ3v) is 3.26. The van der Waals surface area contributed by atoms with Crippen LogP contribution in [0.5, 0.6) is 0 Å². The molecule has 10 heteroatoms. The van der Waals surface area contributed by atoms with Crippen molar-refractivity contribution < 1.29 is 24.2 Å². The fourth-order valence-electron chi connectivity index (χ4n) is 1.39. The zero-order chi connectivity index (χ0) is 12.5.